The molecular formula is C9H11Br2NO. The molecule has 0 saturated heterocycles. The van der Waals surface area contributed by atoms with Crippen molar-refractivity contribution in [2.24, 2.45) is 0 Å². The van der Waals surface area contributed by atoms with E-state index in [0.717, 1.165) is 35.0 Å². The molecule has 0 aliphatic carbocycles. The van der Waals surface area contributed by atoms with Crippen LogP contribution in [0.25, 0.3) is 0 Å². The molecule has 4 heteroatoms. The molecule has 0 bridgehead atoms. The Morgan fingerprint density at radius 2 is 2.15 bits per heavy atom. The summed E-state index contributed by atoms with van der Waals surface area (Å²) in [5, 5.41) is 1.03. The van der Waals surface area contributed by atoms with Gasteiger partial charge >= 0.3 is 0 Å². The van der Waals surface area contributed by atoms with Gasteiger partial charge in [0.15, 0.2) is 0 Å². The minimum Gasteiger partial charge on any atom is -0.492 e. The van der Waals surface area contributed by atoms with Crippen LogP contribution >= 0.6 is 31.9 Å². The van der Waals surface area contributed by atoms with Crippen LogP contribution in [0.1, 0.15) is 12.8 Å². The Bertz CT molecular complexity index is 255. The Kier molecular flexibility index (Phi) is 5.39. The molecule has 0 saturated carbocycles. The fraction of sp³-hybridized carbons (Fsp3) is 0.444. The number of aromatic nitrogens is 1. The first-order chi connectivity index (χ1) is 6.33. The third-order valence-electron chi connectivity index (χ3n) is 1.48. The van der Waals surface area contributed by atoms with Gasteiger partial charge in [0, 0.05) is 16.0 Å². The van der Waals surface area contributed by atoms with E-state index >= 15 is 0 Å². The Morgan fingerprint density at radius 1 is 1.31 bits per heavy atom. The molecule has 2 nitrogen and oxygen atoms in total. The topological polar surface area (TPSA) is 22.1 Å². The summed E-state index contributed by atoms with van der Waals surface area (Å²) in [6, 6.07) is 1.92. The highest BCUT2D eigenvalue weighted by atomic mass is 79.9. The maximum absolute atomic E-state index is 5.48. The summed E-state index contributed by atoms with van der Waals surface area (Å²) in [7, 11) is 0. The Morgan fingerprint density at radius 3 is 2.85 bits per heavy atom. The van der Waals surface area contributed by atoms with Gasteiger partial charge in [-0.1, -0.05) is 15.9 Å². The lowest BCUT2D eigenvalue weighted by Gasteiger charge is -2.04. The number of ether oxygens (including phenoxy) is 1. The summed E-state index contributed by atoms with van der Waals surface area (Å²) >= 11 is 6.71. The summed E-state index contributed by atoms with van der Waals surface area (Å²) in [5.74, 6) is 0.823. The summed E-state index contributed by atoms with van der Waals surface area (Å²) in [4.78, 5) is 4.00. The van der Waals surface area contributed by atoms with Gasteiger partial charge in [-0.25, -0.2) is 0 Å². The van der Waals surface area contributed by atoms with Gasteiger partial charge in [-0.2, -0.15) is 0 Å². The van der Waals surface area contributed by atoms with Crippen LogP contribution in [0.4, 0.5) is 0 Å². The first-order valence-electron chi connectivity index (χ1n) is 4.12. The highest BCUT2D eigenvalue weighted by Crippen LogP contribution is 2.15. The smallest absolute Gasteiger partial charge is 0.138 e. The minimum atomic E-state index is 0.754. The van der Waals surface area contributed by atoms with E-state index in [4.69, 9.17) is 4.74 Å². The minimum absolute atomic E-state index is 0.754. The van der Waals surface area contributed by atoms with Crippen molar-refractivity contribution in [3.05, 3.63) is 22.9 Å². The molecule has 0 spiro atoms. The largest absolute Gasteiger partial charge is 0.492 e. The van der Waals surface area contributed by atoms with Gasteiger partial charge in [0.1, 0.15) is 5.75 Å². The van der Waals surface area contributed by atoms with E-state index in [1.54, 1.807) is 12.4 Å². The predicted octanol–water partition coefficient (Wildman–Crippen LogP) is 3.40. The van der Waals surface area contributed by atoms with Crippen molar-refractivity contribution < 1.29 is 4.74 Å². The zero-order valence-electron chi connectivity index (χ0n) is 7.17. The first-order valence-corrected chi connectivity index (χ1v) is 6.03. The van der Waals surface area contributed by atoms with E-state index in [1.807, 2.05) is 6.07 Å². The van der Waals surface area contributed by atoms with Crippen molar-refractivity contribution in [1.29, 1.82) is 0 Å². The molecule has 72 valence electrons. The van der Waals surface area contributed by atoms with E-state index < -0.39 is 0 Å². The first kappa shape index (κ1) is 11.0. The third-order valence-corrected chi connectivity index (χ3v) is 2.47. The molecule has 1 aromatic heterocycles. The van der Waals surface area contributed by atoms with Crippen molar-refractivity contribution in [2.45, 2.75) is 12.8 Å². The highest BCUT2D eigenvalue weighted by Gasteiger charge is 1.94. The van der Waals surface area contributed by atoms with Gasteiger partial charge in [0.25, 0.3) is 0 Å². The third kappa shape index (κ3) is 4.62. The highest BCUT2D eigenvalue weighted by molar-refractivity contribution is 9.10. The number of unbranched alkanes of at least 4 members (excludes halogenated alkanes) is 1. The van der Waals surface area contributed by atoms with Crippen LogP contribution in [0.15, 0.2) is 22.9 Å². The second-order valence-corrected chi connectivity index (χ2v) is 4.29. The van der Waals surface area contributed by atoms with Crippen LogP contribution in [-0.4, -0.2) is 16.9 Å². The molecule has 0 unspecified atom stereocenters. The lowest BCUT2D eigenvalue weighted by molar-refractivity contribution is 0.308. The molecule has 13 heavy (non-hydrogen) atoms. The number of rotatable bonds is 5. The van der Waals surface area contributed by atoms with Crippen LogP contribution in [0, 0.1) is 0 Å². The normalized spacial score (nSPS) is 10.0. The lowest BCUT2D eigenvalue weighted by atomic mass is 10.3. The molecule has 0 aromatic carbocycles. The predicted molar refractivity (Wildman–Crippen MR) is 60.5 cm³/mol. The maximum atomic E-state index is 5.48. The van der Waals surface area contributed by atoms with E-state index in [1.165, 1.54) is 0 Å². The zero-order valence-corrected chi connectivity index (χ0v) is 10.3. The summed E-state index contributed by atoms with van der Waals surface area (Å²) in [6.07, 6.45) is 5.67. The molecule has 0 radical (unpaired) electrons. The van der Waals surface area contributed by atoms with E-state index in [2.05, 4.69) is 36.8 Å². The van der Waals surface area contributed by atoms with Crippen LogP contribution in [0.3, 0.4) is 0 Å². The average molecular weight is 309 g/mol. The van der Waals surface area contributed by atoms with Gasteiger partial charge < -0.3 is 4.74 Å². The zero-order chi connectivity index (χ0) is 9.52. The number of halogens is 2. The van der Waals surface area contributed by atoms with E-state index in [9.17, 15) is 0 Å². The number of pyridine rings is 1. The molecule has 0 aliphatic heterocycles. The van der Waals surface area contributed by atoms with Crippen LogP contribution < -0.4 is 4.74 Å². The Labute approximate surface area is 95.0 Å². The quantitative estimate of drug-likeness (QED) is 0.614. The van der Waals surface area contributed by atoms with Crippen molar-refractivity contribution in [2.75, 3.05) is 11.9 Å². The van der Waals surface area contributed by atoms with Crippen molar-refractivity contribution in [3.8, 4) is 5.75 Å². The second kappa shape index (κ2) is 6.38. The number of nitrogens with zero attached hydrogens (tertiary/aromatic N) is 1. The van der Waals surface area contributed by atoms with Crippen molar-refractivity contribution in [3.63, 3.8) is 0 Å². The molecule has 0 atom stereocenters. The number of hydrogen-bond donors (Lipinski definition) is 0. The molecular weight excluding hydrogens is 298 g/mol. The maximum Gasteiger partial charge on any atom is 0.138 e. The van der Waals surface area contributed by atoms with Gasteiger partial charge in [0.05, 0.1) is 12.8 Å². The molecule has 0 aliphatic rings. The summed E-state index contributed by atoms with van der Waals surface area (Å²) in [5.41, 5.74) is 0. The van der Waals surface area contributed by atoms with Gasteiger partial charge in [0.2, 0.25) is 0 Å². The van der Waals surface area contributed by atoms with Crippen molar-refractivity contribution >= 4 is 31.9 Å². The second-order valence-electron chi connectivity index (χ2n) is 2.58. The SMILES string of the molecule is BrCCCCOc1cncc(Br)c1. The summed E-state index contributed by atoms with van der Waals surface area (Å²) in [6.45, 7) is 0.754. The van der Waals surface area contributed by atoms with Gasteiger partial charge in [-0.15, -0.1) is 0 Å². The molecule has 0 amide bonds. The number of hydrogen-bond acceptors (Lipinski definition) is 2. The Balaban J connectivity index is 2.28. The van der Waals surface area contributed by atoms with E-state index in [0.29, 0.717) is 0 Å². The lowest BCUT2D eigenvalue weighted by Crippen LogP contribution is -1.97. The van der Waals surface area contributed by atoms with E-state index in [-0.39, 0.29) is 0 Å². The summed E-state index contributed by atoms with van der Waals surface area (Å²) < 4.78 is 6.43. The Hall–Kier alpha value is -0.0900. The monoisotopic (exact) mass is 307 g/mol. The molecule has 1 rings (SSSR count). The van der Waals surface area contributed by atoms with Gasteiger partial charge in [-0.3, -0.25) is 4.98 Å². The van der Waals surface area contributed by atoms with Gasteiger partial charge in [-0.05, 0) is 34.8 Å². The molecule has 0 fully saturated rings. The molecule has 0 N–H and O–H groups in total. The fourth-order valence-corrected chi connectivity index (χ4v) is 1.60. The molecule has 1 heterocycles. The number of alkyl halides is 1. The molecule has 1 aromatic rings. The van der Waals surface area contributed by atoms with Crippen LogP contribution in [0.5, 0.6) is 5.75 Å². The van der Waals surface area contributed by atoms with Crippen molar-refractivity contribution in [1.82, 2.24) is 4.98 Å². The average Bonchev–Trinajstić information content (AvgIpc) is 2.13. The van der Waals surface area contributed by atoms with Crippen LogP contribution in [-0.2, 0) is 0 Å². The van der Waals surface area contributed by atoms with Crippen LogP contribution in [0.2, 0.25) is 0 Å². The standard InChI is InChI=1S/C9H11Br2NO/c10-3-1-2-4-13-9-5-8(11)6-12-7-9/h5-7H,1-4H2. The fourth-order valence-electron chi connectivity index (χ4n) is 0.858.